The van der Waals surface area contributed by atoms with Gasteiger partial charge in [-0.15, -0.1) is 0 Å². The van der Waals surface area contributed by atoms with Crippen molar-refractivity contribution in [2.24, 2.45) is 11.8 Å². The summed E-state index contributed by atoms with van der Waals surface area (Å²) in [6.07, 6.45) is 6.80. The first-order valence-corrected chi connectivity index (χ1v) is 6.02. The molecule has 1 unspecified atom stereocenters. The third kappa shape index (κ3) is 2.81. The first kappa shape index (κ1) is 10.7. The van der Waals surface area contributed by atoms with Crippen LogP contribution in [0.1, 0.15) is 32.5 Å². The topological polar surface area (TPSA) is 29.9 Å². The summed E-state index contributed by atoms with van der Waals surface area (Å²) in [6, 6.07) is 0. The first-order chi connectivity index (χ1) is 7.31. The van der Waals surface area contributed by atoms with E-state index in [4.69, 9.17) is 0 Å². The predicted octanol–water partition coefficient (Wildman–Crippen LogP) is 2.04. The molecule has 0 aliphatic heterocycles. The first-order valence-electron chi connectivity index (χ1n) is 6.02. The Kier molecular flexibility index (Phi) is 3.41. The Morgan fingerprint density at radius 2 is 2.40 bits per heavy atom. The maximum absolute atomic E-state index is 4.34. The smallest absolute Gasteiger partial charge is 0.122 e. The van der Waals surface area contributed by atoms with E-state index in [-0.39, 0.29) is 0 Å². The Labute approximate surface area is 91.9 Å². The summed E-state index contributed by atoms with van der Waals surface area (Å²) < 4.78 is 2.19. The van der Waals surface area contributed by atoms with Gasteiger partial charge < -0.3 is 9.88 Å². The van der Waals surface area contributed by atoms with E-state index in [9.17, 15) is 0 Å². The SMILES string of the molecule is CCn1ccnc1CNCC(C)C1CC1. The molecule has 3 heteroatoms. The maximum Gasteiger partial charge on any atom is 0.122 e. The summed E-state index contributed by atoms with van der Waals surface area (Å²) >= 11 is 0. The third-order valence-corrected chi connectivity index (χ3v) is 3.32. The van der Waals surface area contributed by atoms with Gasteiger partial charge >= 0.3 is 0 Å². The monoisotopic (exact) mass is 207 g/mol. The minimum Gasteiger partial charge on any atom is -0.334 e. The summed E-state index contributed by atoms with van der Waals surface area (Å²) in [4.78, 5) is 4.34. The van der Waals surface area contributed by atoms with Crippen molar-refractivity contribution in [3.8, 4) is 0 Å². The largest absolute Gasteiger partial charge is 0.334 e. The van der Waals surface area contributed by atoms with Gasteiger partial charge in [0.2, 0.25) is 0 Å². The van der Waals surface area contributed by atoms with E-state index < -0.39 is 0 Å². The fourth-order valence-electron chi connectivity index (χ4n) is 2.04. The third-order valence-electron chi connectivity index (χ3n) is 3.32. The van der Waals surface area contributed by atoms with Crippen LogP contribution in [0.3, 0.4) is 0 Å². The predicted molar refractivity (Wildman–Crippen MR) is 61.5 cm³/mol. The van der Waals surface area contributed by atoms with Crippen molar-refractivity contribution in [3.05, 3.63) is 18.2 Å². The number of hydrogen-bond acceptors (Lipinski definition) is 2. The zero-order valence-electron chi connectivity index (χ0n) is 9.74. The molecule has 2 rings (SSSR count). The van der Waals surface area contributed by atoms with E-state index in [0.29, 0.717) is 0 Å². The van der Waals surface area contributed by atoms with Gasteiger partial charge in [0.25, 0.3) is 0 Å². The molecule has 1 aromatic rings. The number of nitrogens with one attached hydrogen (secondary N) is 1. The van der Waals surface area contributed by atoms with Crippen LogP contribution in [0.5, 0.6) is 0 Å². The lowest BCUT2D eigenvalue weighted by Gasteiger charge is -2.11. The van der Waals surface area contributed by atoms with Crippen LogP contribution in [0, 0.1) is 11.8 Å². The molecule has 0 aromatic carbocycles. The normalized spacial score (nSPS) is 18.0. The molecule has 1 aromatic heterocycles. The molecule has 3 nitrogen and oxygen atoms in total. The Bertz CT molecular complexity index is 302. The van der Waals surface area contributed by atoms with Crippen molar-refractivity contribution in [3.63, 3.8) is 0 Å². The fraction of sp³-hybridized carbons (Fsp3) is 0.750. The molecule has 15 heavy (non-hydrogen) atoms. The Morgan fingerprint density at radius 3 is 3.07 bits per heavy atom. The lowest BCUT2D eigenvalue weighted by atomic mass is 10.1. The van der Waals surface area contributed by atoms with Gasteiger partial charge in [0, 0.05) is 18.9 Å². The maximum atomic E-state index is 4.34. The molecule has 0 radical (unpaired) electrons. The van der Waals surface area contributed by atoms with E-state index in [1.54, 1.807) is 0 Å². The van der Waals surface area contributed by atoms with Crippen molar-refractivity contribution >= 4 is 0 Å². The van der Waals surface area contributed by atoms with Gasteiger partial charge in [-0.05, 0) is 38.1 Å². The van der Waals surface area contributed by atoms with Crippen LogP contribution in [-0.4, -0.2) is 16.1 Å². The quantitative estimate of drug-likeness (QED) is 0.773. The van der Waals surface area contributed by atoms with Gasteiger partial charge in [-0.2, -0.15) is 0 Å². The van der Waals surface area contributed by atoms with E-state index in [1.165, 1.54) is 12.8 Å². The molecular formula is C12H21N3. The minimum atomic E-state index is 0.829. The average Bonchev–Trinajstić information content (AvgIpc) is 2.99. The molecule has 0 bridgehead atoms. The van der Waals surface area contributed by atoms with Crippen LogP contribution in [0.2, 0.25) is 0 Å². The highest BCUT2D eigenvalue weighted by Gasteiger charge is 2.27. The Balaban J connectivity index is 1.72. The molecule has 84 valence electrons. The lowest BCUT2D eigenvalue weighted by Crippen LogP contribution is -2.23. The van der Waals surface area contributed by atoms with Gasteiger partial charge in [0.15, 0.2) is 0 Å². The van der Waals surface area contributed by atoms with Crippen molar-refractivity contribution in [2.45, 2.75) is 39.8 Å². The van der Waals surface area contributed by atoms with E-state index in [2.05, 4.69) is 28.7 Å². The molecule has 1 saturated carbocycles. The summed E-state index contributed by atoms with van der Waals surface area (Å²) in [5.41, 5.74) is 0. The Morgan fingerprint density at radius 1 is 1.60 bits per heavy atom. The highest BCUT2D eigenvalue weighted by Crippen LogP contribution is 2.36. The van der Waals surface area contributed by atoms with Crippen molar-refractivity contribution in [1.82, 2.24) is 14.9 Å². The molecule has 1 heterocycles. The second-order valence-electron chi connectivity index (χ2n) is 4.58. The number of imidazole rings is 1. The second kappa shape index (κ2) is 4.79. The molecule has 1 aliphatic rings. The van der Waals surface area contributed by atoms with Crippen LogP contribution in [0.25, 0.3) is 0 Å². The summed E-state index contributed by atoms with van der Waals surface area (Å²) in [5, 5.41) is 3.50. The van der Waals surface area contributed by atoms with Gasteiger partial charge in [-0.25, -0.2) is 4.98 Å². The molecule has 0 saturated heterocycles. The number of hydrogen-bond donors (Lipinski definition) is 1. The van der Waals surface area contributed by atoms with Gasteiger partial charge in [0.1, 0.15) is 5.82 Å². The zero-order chi connectivity index (χ0) is 10.7. The molecule has 0 spiro atoms. The van der Waals surface area contributed by atoms with E-state index in [1.807, 2.05) is 12.4 Å². The standard InChI is InChI=1S/C12H21N3/c1-3-15-7-6-14-12(15)9-13-8-10(2)11-4-5-11/h6-7,10-11,13H,3-5,8-9H2,1-2H3. The molecule has 1 aliphatic carbocycles. The van der Waals surface area contributed by atoms with Crippen molar-refractivity contribution < 1.29 is 0 Å². The van der Waals surface area contributed by atoms with Gasteiger partial charge in [-0.3, -0.25) is 0 Å². The van der Waals surface area contributed by atoms with E-state index in [0.717, 1.165) is 37.3 Å². The van der Waals surface area contributed by atoms with Crippen molar-refractivity contribution in [2.75, 3.05) is 6.54 Å². The fourth-order valence-corrected chi connectivity index (χ4v) is 2.04. The highest BCUT2D eigenvalue weighted by molar-refractivity contribution is 4.91. The average molecular weight is 207 g/mol. The highest BCUT2D eigenvalue weighted by atomic mass is 15.1. The summed E-state index contributed by atoms with van der Waals surface area (Å²) in [6.45, 7) is 7.53. The van der Waals surface area contributed by atoms with Crippen LogP contribution in [-0.2, 0) is 13.1 Å². The summed E-state index contributed by atoms with van der Waals surface area (Å²) in [7, 11) is 0. The molecule has 1 atom stereocenters. The molecule has 1 fully saturated rings. The zero-order valence-corrected chi connectivity index (χ0v) is 9.74. The Hall–Kier alpha value is -0.830. The molecule has 1 N–H and O–H groups in total. The second-order valence-corrected chi connectivity index (χ2v) is 4.58. The van der Waals surface area contributed by atoms with Crippen LogP contribution in [0.15, 0.2) is 12.4 Å². The van der Waals surface area contributed by atoms with Crippen molar-refractivity contribution in [1.29, 1.82) is 0 Å². The number of aryl methyl sites for hydroxylation is 1. The molecule has 0 amide bonds. The number of nitrogens with zero attached hydrogens (tertiary/aromatic N) is 2. The lowest BCUT2D eigenvalue weighted by molar-refractivity contribution is 0.454. The number of rotatable bonds is 6. The van der Waals surface area contributed by atoms with Gasteiger partial charge in [0.05, 0.1) is 6.54 Å². The van der Waals surface area contributed by atoms with Crippen LogP contribution < -0.4 is 5.32 Å². The van der Waals surface area contributed by atoms with E-state index >= 15 is 0 Å². The van der Waals surface area contributed by atoms with Crippen LogP contribution >= 0.6 is 0 Å². The van der Waals surface area contributed by atoms with Gasteiger partial charge in [-0.1, -0.05) is 6.92 Å². The summed E-state index contributed by atoms with van der Waals surface area (Å²) in [5.74, 6) is 2.97. The molecular weight excluding hydrogens is 186 g/mol. The minimum absolute atomic E-state index is 0.829. The number of aromatic nitrogens is 2. The van der Waals surface area contributed by atoms with Crippen LogP contribution in [0.4, 0.5) is 0 Å².